The van der Waals surface area contributed by atoms with E-state index in [1.54, 1.807) is 28.9 Å². The smallest absolute Gasteiger partial charge is 0.188 e. The van der Waals surface area contributed by atoms with Gasteiger partial charge in [-0.1, -0.05) is 6.07 Å². The van der Waals surface area contributed by atoms with Gasteiger partial charge in [0.05, 0.1) is 5.69 Å². The number of nitrogens with one attached hydrogen (secondary N) is 1. The van der Waals surface area contributed by atoms with E-state index < -0.39 is 0 Å². The standard InChI is InChI=1S/C13H10BrN3S2/c1-8-7-19-13(16-8)17-12-10(5-9(14)6-15-12)11-3-2-4-18-11/h2-7H,1H3,(H,15,16,17). The number of halogens is 1. The highest BCUT2D eigenvalue weighted by atomic mass is 79.9. The van der Waals surface area contributed by atoms with Crippen LogP contribution >= 0.6 is 38.6 Å². The van der Waals surface area contributed by atoms with Crippen molar-refractivity contribution in [2.45, 2.75) is 6.92 Å². The van der Waals surface area contributed by atoms with Crippen molar-refractivity contribution in [2.75, 3.05) is 5.32 Å². The van der Waals surface area contributed by atoms with E-state index in [4.69, 9.17) is 0 Å². The number of nitrogens with zero attached hydrogens (tertiary/aromatic N) is 2. The van der Waals surface area contributed by atoms with Crippen molar-refractivity contribution in [1.82, 2.24) is 9.97 Å². The molecule has 0 amide bonds. The van der Waals surface area contributed by atoms with E-state index >= 15 is 0 Å². The van der Waals surface area contributed by atoms with Crippen LogP contribution in [0.1, 0.15) is 5.69 Å². The summed E-state index contributed by atoms with van der Waals surface area (Å²) in [5, 5.41) is 8.24. The number of aryl methyl sites for hydroxylation is 1. The van der Waals surface area contributed by atoms with Gasteiger partial charge in [0.25, 0.3) is 0 Å². The molecule has 1 N–H and O–H groups in total. The zero-order valence-corrected chi connectivity index (χ0v) is 13.3. The summed E-state index contributed by atoms with van der Waals surface area (Å²) in [6, 6.07) is 6.20. The molecule has 3 heterocycles. The van der Waals surface area contributed by atoms with Crippen LogP contribution in [0.3, 0.4) is 0 Å². The van der Waals surface area contributed by atoms with Crippen LogP contribution in [0, 0.1) is 6.92 Å². The maximum Gasteiger partial charge on any atom is 0.188 e. The molecule has 3 nitrogen and oxygen atoms in total. The van der Waals surface area contributed by atoms with Crippen molar-refractivity contribution in [2.24, 2.45) is 0 Å². The first-order chi connectivity index (χ1) is 9.22. The van der Waals surface area contributed by atoms with Gasteiger partial charge in [0.15, 0.2) is 5.13 Å². The molecule has 6 heteroatoms. The molecular weight excluding hydrogens is 342 g/mol. The molecule has 0 atom stereocenters. The summed E-state index contributed by atoms with van der Waals surface area (Å²) in [6.45, 7) is 1.98. The minimum atomic E-state index is 0.833. The fourth-order valence-corrected chi connectivity index (χ4v) is 3.43. The third-order valence-electron chi connectivity index (χ3n) is 2.49. The van der Waals surface area contributed by atoms with Gasteiger partial charge in [0.1, 0.15) is 5.82 Å². The number of thiophene rings is 1. The summed E-state index contributed by atoms with van der Waals surface area (Å²) in [4.78, 5) is 10.0. The quantitative estimate of drug-likeness (QED) is 0.714. The Labute approximate surface area is 127 Å². The van der Waals surface area contributed by atoms with E-state index in [0.29, 0.717) is 0 Å². The van der Waals surface area contributed by atoms with Crippen LogP contribution in [0.2, 0.25) is 0 Å². The molecule has 0 bridgehead atoms. The van der Waals surface area contributed by atoms with Crippen molar-refractivity contribution in [3.8, 4) is 10.4 Å². The minimum Gasteiger partial charge on any atom is -0.316 e. The lowest BCUT2D eigenvalue weighted by atomic mass is 10.2. The first-order valence-electron chi connectivity index (χ1n) is 5.61. The molecular formula is C13H10BrN3S2. The molecule has 0 spiro atoms. The van der Waals surface area contributed by atoms with Crippen LogP contribution in [0.15, 0.2) is 39.6 Å². The lowest BCUT2D eigenvalue weighted by Crippen LogP contribution is -1.95. The SMILES string of the molecule is Cc1csc(Nc2ncc(Br)cc2-c2cccs2)n1. The van der Waals surface area contributed by atoms with E-state index in [1.165, 1.54) is 4.88 Å². The third kappa shape index (κ3) is 2.86. The number of thiazole rings is 1. The van der Waals surface area contributed by atoms with Gasteiger partial charge in [-0.25, -0.2) is 9.97 Å². The zero-order valence-electron chi connectivity index (χ0n) is 10.1. The van der Waals surface area contributed by atoms with E-state index in [0.717, 1.165) is 26.7 Å². The fourth-order valence-electron chi connectivity index (χ4n) is 1.67. The molecule has 3 aromatic heterocycles. The Hall–Kier alpha value is -1.24. The molecule has 0 unspecified atom stereocenters. The second-order valence-electron chi connectivity index (χ2n) is 3.95. The molecule has 0 saturated heterocycles. The first kappa shape index (κ1) is 12.8. The Balaban J connectivity index is 2.01. The Bertz CT molecular complexity index is 692. The lowest BCUT2D eigenvalue weighted by molar-refractivity contribution is 1.23. The Morgan fingerprint density at radius 2 is 2.21 bits per heavy atom. The lowest BCUT2D eigenvalue weighted by Gasteiger charge is -2.08. The van der Waals surface area contributed by atoms with Crippen LogP contribution in [-0.4, -0.2) is 9.97 Å². The minimum absolute atomic E-state index is 0.833. The van der Waals surface area contributed by atoms with Crippen LogP contribution in [-0.2, 0) is 0 Å². The molecule has 0 aliphatic heterocycles. The van der Waals surface area contributed by atoms with Gasteiger partial charge in [-0.2, -0.15) is 0 Å². The van der Waals surface area contributed by atoms with Gasteiger partial charge in [0, 0.05) is 26.5 Å². The monoisotopic (exact) mass is 351 g/mol. The average molecular weight is 352 g/mol. The van der Waals surface area contributed by atoms with Crippen molar-refractivity contribution in [1.29, 1.82) is 0 Å². The summed E-state index contributed by atoms with van der Waals surface area (Å²) in [5.74, 6) is 0.833. The molecule has 0 radical (unpaired) electrons. The van der Waals surface area contributed by atoms with Crippen LogP contribution in [0.5, 0.6) is 0 Å². The van der Waals surface area contributed by atoms with E-state index in [2.05, 4.69) is 48.7 Å². The summed E-state index contributed by atoms with van der Waals surface area (Å²) >= 11 is 6.75. The number of anilines is 2. The maximum atomic E-state index is 4.45. The zero-order chi connectivity index (χ0) is 13.2. The molecule has 3 rings (SSSR count). The summed E-state index contributed by atoms with van der Waals surface area (Å²) < 4.78 is 0.969. The molecule has 0 aliphatic carbocycles. The predicted molar refractivity (Wildman–Crippen MR) is 85.4 cm³/mol. The molecule has 0 aliphatic rings. The highest BCUT2D eigenvalue weighted by Crippen LogP contribution is 2.34. The highest BCUT2D eigenvalue weighted by molar-refractivity contribution is 9.10. The van der Waals surface area contributed by atoms with Crippen LogP contribution in [0.4, 0.5) is 10.9 Å². The van der Waals surface area contributed by atoms with E-state index in [1.807, 2.05) is 18.4 Å². The number of hydrogen-bond acceptors (Lipinski definition) is 5. The first-order valence-corrected chi connectivity index (χ1v) is 8.16. The number of hydrogen-bond donors (Lipinski definition) is 1. The molecule has 96 valence electrons. The summed E-state index contributed by atoms with van der Waals surface area (Å²) in [5.41, 5.74) is 2.10. The molecule has 0 aromatic carbocycles. The van der Waals surface area contributed by atoms with Gasteiger partial charge in [-0.3, -0.25) is 0 Å². The second kappa shape index (κ2) is 5.40. The van der Waals surface area contributed by atoms with Crippen molar-refractivity contribution >= 4 is 49.6 Å². The summed E-state index contributed by atoms with van der Waals surface area (Å²) in [6.07, 6.45) is 1.79. The van der Waals surface area contributed by atoms with Gasteiger partial charge < -0.3 is 5.32 Å². The second-order valence-corrected chi connectivity index (χ2v) is 6.67. The number of pyridine rings is 1. The molecule has 3 aromatic rings. The van der Waals surface area contributed by atoms with Gasteiger partial charge in [-0.05, 0) is 40.4 Å². The number of rotatable bonds is 3. The third-order valence-corrected chi connectivity index (χ3v) is 4.70. The predicted octanol–water partition coefficient (Wildman–Crippen LogP) is 5.08. The van der Waals surface area contributed by atoms with Crippen molar-refractivity contribution in [3.63, 3.8) is 0 Å². The van der Waals surface area contributed by atoms with Gasteiger partial charge >= 0.3 is 0 Å². The number of aromatic nitrogens is 2. The van der Waals surface area contributed by atoms with E-state index in [9.17, 15) is 0 Å². The molecule has 0 fully saturated rings. The average Bonchev–Trinajstić information content (AvgIpc) is 3.03. The van der Waals surface area contributed by atoms with Crippen LogP contribution in [0.25, 0.3) is 10.4 Å². The summed E-state index contributed by atoms with van der Waals surface area (Å²) in [7, 11) is 0. The molecule has 19 heavy (non-hydrogen) atoms. The maximum absolute atomic E-state index is 4.45. The highest BCUT2D eigenvalue weighted by Gasteiger charge is 2.10. The van der Waals surface area contributed by atoms with E-state index in [-0.39, 0.29) is 0 Å². The van der Waals surface area contributed by atoms with Crippen molar-refractivity contribution < 1.29 is 0 Å². The Kier molecular flexibility index (Phi) is 3.63. The van der Waals surface area contributed by atoms with Crippen molar-refractivity contribution in [3.05, 3.63) is 45.3 Å². The van der Waals surface area contributed by atoms with Gasteiger partial charge in [-0.15, -0.1) is 22.7 Å². The molecule has 0 saturated carbocycles. The van der Waals surface area contributed by atoms with Crippen LogP contribution < -0.4 is 5.32 Å². The Morgan fingerprint density at radius 3 is 2.89 bits per heavy atom. The van der Waals surface area contributed by atoms with Gasteiger partial charge in [0.2, 0.25) is 0 Å². The largest absolute Gasteiger partial charge is 0.316 e. The normalized spacial score (nSPS) is 10.6. The fraction of sp³-hybridized carbons (Fsp3) is 0.0769. The Morgan fingerprint density at radius 1 is 1.32 bits per heavy atom. The topological polar surface area (TPSA) is 37.8 Å².